The van der Waals surface area contributed by atoms with Gasteiger partial charge in [-0.2, -0.15) is 5.26 Å². The summed E-state index contributed by atoms with van der Waals surface area (Å²) < 4.78 is 25.0. The van der Waals surface area contributed by atoms with Crippen molar-refractivity contribution in [1.29, 1.82) is 5.26 Å². The van der Waals surface area contributed by atoms with Crippen molar-refractivity contribution >= 4 is 34.9 Å². The van der Waals surface area contributed by atoms with E-state index in [1.807, 2.05) is 54.3 Å². The molecule has 6 aromatic rings. The highest BCUT2D eigenvalue weighted by Gasteiger charge is 2.39. The highest BCUT2D eigenvalue weighted by atomic mass is 35.5. The van der Waals surface area contributed by atoms with Gasteiger partial charge in [0, 0.05) is 67.7 Å². The normalized spacial score (nSPS) is 13.4. The van der Waals surface area contributed by atoms with Crippen LogP contribution in [0.1, 0.15) is 58.7 Å². The summed E-state index contributed by atoms with van der Waals surface area (Å²) in [7, 11) is 0. The molecule has 14 heteroatoms. The zero-order chi connectivity index (χ0) is 44.3. The fourth-order valence-corrected chi connectivity index (χ4v) is 7.63. The Labute approximate surface area is 375 Å². The molecule has 2 N–H and O–H groups in total. The van der Waals surface area contributed by atoms with Crippen molar-refractivity contribution in [2.75, 3.05) is 13.1 Å². The number of rotatable bonds is 17. The van der Waals surface area contributed by atoms with Gasteiger partial charge in [-0.25, -0.2) is 9.64 Å². The zero-order valence-electron chi connectivity index (χ0n) is 34.4. The van der Waals surface area contributed by atoms with Crippen molar-refractivity contribution in [1.82, 2.24) is 14.9 Å². The highest BCUT2D eigenvalue weighted by molar-refractivity contribution is 6.32. The lowest BCUT2D eigenvalue weighted by molar-refractivity contribution is -0.163. The van der Waals surface area contributed by atoms with Crippen LogP contribution in [0.3, 0.4) is 0 Å². The van der Waals surface area contributed by atoms with Crippen LogP contribution in [0.5, 0.6) is 23.0 Å². The zero-order valence-corrected chi connectivity index (χ0v) is 35.9. The summed E-state index contributed by atoms with van der Waals surface area (Å²) >= 11 is 13.5. The van der Waals surface area contributed by atoms with E-state index in [4.69, 9.17) is 48.7 Å². The van der Waals surface area contributed by atoms with E-state index in [1.165, 1.54) is 12.4 Å². The number of hydrogen-bond acceptors (Lipinski definition) is 10. The van der Waals surface area contributed by atoms with E-state index in [-0.39, 0.29) is 39.3 Å². The number of pyridine rings is 2. The van der Waals surface area contributed by atoms with Crippen molar-refractivity contribution in [3.8, 4) is 40.2 Å². The maximum absolute atomic E-state index is 11.6. The average Bonchev–Trinajstić information content (AvgIpc) is 3.31. The van der Waals surface area contributed by atoms with Crippen LogP contribution in [0.15, 0.2) is 110 Å². The molecular weight excluding hydrogens is 841 g/mol. The Bertz CT molecular complexity index is 2690. The van der Waals surface area contributed by atoms with Gasteiger partial charge in [-0.3, -0.25) is 14.9 Å². The van der Waals surface area contributed by atoms with Crippen LogP contribution in [0.25, 0.3) is 16.0 Å². The highest BCUT2D eigenvalue weighted by Crippen LogP contribution is 2.37. The summed E-state index contributed by atoms with van der Waals surface area (Å²) in [6, 6.07) is 28.8. The number of ether oxygens (including phenoxy) is 4. The molecule has 4 aromatic carbocycles. The number of hydrogen-bond donors (Lipinski definition) is 2. The fraction of sp³-hybridized carbons (Fsp3) is 0.245. The molecule has 0 spiro atoms. The van der Waals surface area contributed by atoms with Crippen molar-refractivity contribution in [2.45, 2.75) is 64.8 Å². The SMILES string of the molecule is [C-]#[N+]c1cncc(COc2cc(OCc3cccc(-c4cccc(COc5cc(OCc6cncc(C#N)c6)c(CC)cc5Cl)c4)c3)c(Cl)cc2CN2CCC(O)(C(=O)O)CC2)c1. The molecule has 0 unspecified atom stereocenters. The lowest BCUT2D eigenvalue weighted by Gasteiger charge is -2.35. The largest absolute Gasteiger partial charge is 0.488 e. The van der Waals surface area contributed by atoms with Gasteiger partial charge in [0.05, 0.1) is 22.2 Å². The van der Waals surface area contributed by atoms with Gasteiger partial charge in [0.2, 0.25) is 5.69 Å². The maximum Gasteiger partial charge on any atom is 0.335 e. The predicted octanol–water partition coefficient (Wildman–Crippen LogP) is 10.2. The molecule has 63 heavy (non-hydrogen) atoms. The van der Waals surface area contributed by atoms with Gasteiger partial charge < -0.3 is 29.2 Å². The van der Waals surface area contributed by atoms with Crippen LogP contribution in [0, 0.1) is 17.9 Å². The Morgan fingerprint density at radius 1 is 0.746 bits per heavy atom. The lowest BCUT2D eigenvalue weighted by atomic mass is 9.91. The number of nitrogens with zero attached hydrogens (tertiary/aromatic N) is 5. The van der Waals surface area contributed by atoms with Crippen LogP contribution >= 0.6 is 23.2 Å². The number of carboxylic acids is 1. The number of aromatic nitrogens is 2. The first-order valence-electron chi connectivity index (χ1n) is 20.2. The summed E-state index contributed by atoms with van der Waals surface area (Å²) in [5.41, 5.74) is 6.11. The van der Waals surface area contributed by atoms with Crippen molar-refractivity contribution < 1.29 is 34.0 Å². The van der Waals surface area contributed by atoms with Crippen LogP contribution < -0.4 is 18.9 Å². The van der Waals surface area contributed by atoms with Gasteiger partial charge in [-0.15, -0.1) is 0 Å². The number of halogens is 2. The van der Waals surface area contributed by atoms with Gasteiger partial charge in [0.1, 0.15) is 55.5 Å². The van der Waals surface area contributed by atoms with Gasteiger partial charge in [-0.05, 0) is 89.0 Å². The summed E-state index contributed by atoms with van der Waals surface area (Å²) in [5.74, 6) is 0.846. The monoisotopic (exact) mass is 883 g/mol. The van der Waals surface area contributed by atoms with Crippen molar-refractivity contribution in [3.05, 3.63) is 170 Å². The van der Waals surface area contributed by atoms with Crippen LogP contribution in [-0.4, -0.2) is 49.7 Å². The third-order valence-electron chi connectivity index (χ3n) is 10.7. The van der Waals surface area contributed by atoms with Gasteiger partial charge in [0.15, 0.2) is 5.60 Å². The average molecular weight is 885 g/mol. The Kier molecular flexibility index (Phi) is 14.4. The standard InChI is InChI=1S/C49H43Cl2N5O7/c1-3-37-18-42(50)46(20-44(37)60-30-35-14-34(22-52)23-54-24-35)62-28-32-6-4-8-38(15-32)39-9-5-7-33(16-39)29-63-47-21-45(61-31-36-17-41(53-2)26-55-25-36)40(19-43(47)51)27-56-12-10-49(59,11-13-56)48(57)58/h4-9,14-21,23-26,59H,3,10-13,27-31H2,1H3,(H,57,58). The molecule has 2 aromatic heterocycles. The second kappa shape index (κ2) is 20.5. The number of aryl methyl sites for hydroxylation is 1. The third kappa shape index (κ3) is 11.4. The Morgan fingerprint density at radius 2 is 1.27 bits per heavy atom. The molecule has 0 radical (unpaired) electrons. The first-order chi connectivity index (χ1) is 30.5. The molecule has 1 aliphatic heterocycles. The Morgan fingerprint density at radius 3 is 1.83 bits per heavy atom. The molecule has 7 rings (SSSR count). The van der Waals surface area contributed by atoms with E-state index in [1.54, 1.807) is 42.7 Å². The number of likely N-dealkylation sites (tertiary alicyclic amines) is 1. The van der Waals surface area contributed by atoms with E-state index in [0.717, 1.165) is 38.9 Å². The summed E-state index contributed by atoms with van der Waals surface area (Å²) in [6.07, 6.45) is 7.21. The molecule has 320 valence electrons. The van der Waals surface area contributed by atoms with Crippen molar-refractivity contribution in [3.63, 3.8) is 0 Å². The minimum Gasteiger partial charge on any atom is -0.488 e. The lowest BCUT2D eigenvalue weighted by Crippen LogP contribution is -2.49. The van der Waals surface area contributed by atoms with Crippen LogP contribution in [0.4, 0.5) is 5.69 Å². The molecule has 0 atom stereocenters. The second-order valence-electron chi connectivity index (χ2n) is 15.2. The molecule has 1 aliphatic rings. The maximum atomic E-state index is 11.6. The number of carbonyl (C=O) groups is 1. The fourth-order valence-electron chi connectivity index (χ4n) is 7.14. The first kappa shape index (κ1) is 44.4. The topological polar surface area (TPSA) is 152 Å². The van der Waals surface area contributed by atoms with Crippen LogP contribution in [0.2, 0.25) is 10.0 Å². The molecule has 0 saturated carbocycles. The number of carboxylic acid groups (broad SMARTS) is 1. The summed E-state index contributed by atoms with van der Waals surface area (Å²) in [5, 5.41) is 30.1. The van der Waals surface area contributed by atoms with E-state index in [0.29, 0.717) is 75.9 Å². The Balaban J connectivity index is 1.03. The molecule has 0 bridgehead atoms. The molecule has 12 nitrogen and oxygen atoms in total. The molecule has 3 heterocycles. The smallest absolute Gasteiger partial charge is 0.335 e. The number of aliphatic carboxylic acids is 1. The molecule has 1 saturated heterocycles. The third-order valence-corrected chi connectivity index (χ3v) is 11.3. The van der Waals surface area contributed by atoms with Crippen molar-refractivity contribution in [2.24, 2.45) is 0 Å². The van der Waals surface area contributed by atoms with Gasteiger partial charge >= 0.3 is 5.97 Å². The minimum absolute atomic E-state index is 0.0976. The Hall–Kier alpha value is -6.67. The summed E-state index contributed by atoms with van der Waals surface area (Å²) in [6.45, 7) is 11.4. The number of nitriles is 1. The molecule has 1 fully saturated rings. The molecule has 0 aliphatic carbocycles. The van der Waals surface area contributed by atoms with E-state index >= 15 is 0 Å². The quantitative estimate of drug-likeness (QED) is 0.0842. The van der Waals surface area contributed by atoms with Gasteiger partial charge in [0.25, 0.3) is 0 Å². The number of aliphatic hydroxyl groups is 1. The van der Waals surface area contributed by atoms with E-state index in [9.17, 15) is 20.3 Å². The summed E-state index contributed by atoms with van der Waals surface area (Å²) in [4.78, 5) is 25.4. The number of piperidine rings is 1. The predicted molar refractivity (Wildman–Crippen MR) is 238 cm³/mol. The van der Waals surface area contributed by atoms with E-state index in [2.05, 4.69) is 33.0 Å². The van der Waals surface area contributed by atoms with Crippen LogP contribution in [-0.2, 0) is 44.2 Å². The minimum atomic E-state index is -1.74. The van der Waals surface area contributed by atoms with E-state index < -0.39 is 11.6 Å². The van der Waals surface area contributed by atoms with Gasteiger partial charge in [-0.1, -0.05) is 66.5 Å². The second-order valence-corrected chi connectivity index (χ2v) is 16.0. The first-order valence-corrected chi connectivity index (χ1v) is 21.0. The number of benzene rings is 4. The molecule has 0 amide bonds. The molecular formula is C49H43Cl2N5O7.